The summed E-state index contributed by atoms with van der Waals surface area (Å²) >= 11 is 0. The van der Waals surface area contributed by atoms with E-state index in [1.165, 1.54) is 63.6 Å². The molecule has 0 atom stereocenters. The maximum atomic E-state index is 5.86. The van der Waals surface area contributed by atoms with Gasteiger partial charge in [0.05, 0.1) is 0 Å². The van der Waals surface area contributed by atoms with E-state index in [0.717, 1.165) is 12.2 Å². The van der Waals surface area contributed by atoms with Crippen LogP contribution in [0.1, 0.15) is 50.5 Å². The van der Waals surface area contributed by atoms with Crippen molar-refractivity contribution in [2.24, 2.45) is 5.41 Å². The smallest absolute Gasteiger partial charge is 0.0317 e. The number of nitrogens with two attached hydrogens (primary N) is 1. The summed E-state index contributed by atoms with van der Waals surface area (Å²) < 4.78 is 0. The van der Waals surface area contributed by atoms with Gasteiger partial charge in [0.2, 0.25) is 0 Å². The number of nitrogens with zero attached hydrogens (tertiary/aromatic N) is 1. The van der Waals surface area contributed by atoms with Crippen molar-refractivity contribution in [2.75, 3.05) is 18.8 Å². The Labute approximate surface area is 129 Å². The van der Waals surface area contributed by atoms with Gasteiger partial charge in [-0.1, -0.05) is 31.4 Å². The van der Waals surface area contributed by atoms with Crippen LogP contribution in [0.25, 0.3) is 0 Å². The predicted molar refractivity (Wildman–Crippen MR) is 88.1 cm³/mol. The molecule has 1 aromatic rings. The number of nitrogen functional groups attached to an aromatic ring is 1. The normalized spacial score (nSPS) is 22.4. The Morgan fingerprint density at radius 3 is 2.35 bits per heavy atom. The SMILES string of the molecule is Cl.Nc1cccc(CN2CCC3(CCCCC3)CC2)c1. The Balaban J connectivity index is 0.00000147. The molecule has 3 rings (SSSR count). The lowest BCUT2D eigenvalue weighted by molar-refractivity contribution is 0.0641. The van der Waals surface area contributed by atoms with Crippen LogP contribution in [-0.4, -0.2) is 18.0 Å². The lowest BCUT2D eigenvalue weighted by Crippen LogP contribution is -2.40. The van der Waals surface area contributed by atoms with Crippen LogP contribution >= 0.6 is 12.4 Å². The van der Waals surface area contributed by atoms with Gasteiger partial charge in [0.15, 0.2) is 0 Å². The summed E-state index contributed by atoms with van der Waals surface area (Å²) in [6.45, 7) is 3.62. The zero-order chi connectivity index (χ0) is 13.1. The molecule has 1 aromatic carbocycles. The molecule has 0 aromatic heterocycles. The van der Waals surface area contributed by atoms with E-state index in [2.05, 4.69) is 23.1 Å². The van der Waals surface area contributed by atoms with Gasteiger partial charge >= 0.3 is 0 Å². The highest BCUT2D eigenvalue weighted by Gasteiger charge is 2.35. The van der Waals surface area contributed by atoms with E-state index >= 15 is 0 Å². The summed E-state index contributed by atoms with van der Waals surface area (Å²) in [5.41, 5.74) is 8.82. The summed E-state index contributed by atoms with van der Waals surface area (Å²) in [5, 5.41) is 0. The van der Waals surface area contributed by atoms with Crippen LogP contribution in [0, 0.1) is 5.41 Å². The Morgan fingerprint density at radius 1 is 1.00 bits per heavy atom. The fraction of sp³-hybridized carbons (Fsp3) is 0.647. The van der Waals surface area contributed by atoms with Crippen molar-refractivity contribution in [1.82, 2.24) is 4.90 Å². The van der Waals surface area contributed by atoms with Gasteiger partial charge in [-0.2, -0.15) is 0 Å². The molecule has 112 valence electrons. The molecule has 1 spiro atoms. The monoisotopic (exact) mass is 294 g/mol. The third-order valence-electron chi connectivity index (χ3n) is 5.19. The van der Waals surface area contributed by atoms with Crippen molar-refractivity contribution in [3.05, 3.63) is 29.8 Å². The Bertz CT molecular complexity index is 417. The van der Waals surface area contributed by atoms with Crippen molar-refractivity contribution in [2.45, 2.75) is 51.5 Å². The fourth-order valence-electron chi connectivity index (χ4n) is 3.94. The molecular weight excluding hydrogens is 268 g/mol. The lowest BCUT2D eigenvalue weighted by atomic mass is 9.68. The summed E-state index contributed by atoms with van der Waals surface area (Å²) in [6.07, 6.45) is 10.2. The molecule has 0 unspecified atom stereocenters. The zero-order valence-electron chi connectivity index (χ0n) is 12.3. The second kappa shape index (κ2) is 6.82. The van der Waals surface area contributed by atoms with Crippen LogP contribution in [0.4, 0.5) is 5.69 Å². The van der Waals surface area contributed by atoms with Gasteiger partial charge in [0, 0.05) is 12.2 Å². The average Bonchev–Trinajstić information content (AvgIpc) is 2.43. The second-order valence-corrected chi connectivity index (χ2v) is 6.58. The first-order chi connectivity index (χ1) is 9.26. The van der Waals surface area contributed by atoms with Crippen molar-refractivity contribution in [1.29, 1.82) is 0 Å². The van der Waals surface area contributed by atoms with Gasteiger partial charge < -0.3 is 5.73 Å². The zero-order valence-corrected chi connectivity index (χ0v) is 13.1. The number of halogens is 1. The Kier molecular flexibility index (Phi) is 5.34. The minimum Gasteiger partial charge on any atom is -0.399 e. The molecule has 2 N–H and O–H groups in total. The van der Waals surface area contributed by atoms with Crippen LogP contribution < -0.4 is 5.73 Å². The molecule has 1 aliphatic heterocycles. The molecule has 2 aliphatic rings. The first kappa shape index (κ1) is 15.7. The van der Waals surface area contributed by atoms with Crippen LogP contribution in [0.3, 0.4) is 0 Å². The van der Waals surface area contributed by atoms with Crippen molar-refractivity contribution in [3.63, 3.8) is 0 Å². The first-order valence-electron chi connectivity index (χ1n) is 7.83. The molecule has 0 radical (unpaired) electrons. The van der Waals surface area contributed by atoms with Gasteiger partial charge in [0.25, 0.3) is 0 Å². The van der Waals surface area contributed by atoms with E-state index in [-0.39, 0.29) is 12.4 Å². The molecule has 1 saturated heterocycles. The number of piperidine rings is 1. The molecule has 0 amide bonds. The highest BCUT2D eigenvalue weighted by atomic mass is 35.5. The molecule has 2 nitrogen and oxygen atoms in total. The molecule has 20 heavy (non-hydrogen) atoms. The fourth-order valence-corrected chi connectivity index (χ4v) is 3.94. The topological polar surface area (TPSA) is 29.3 Å². The molecule has 1 aliphatic carbocycles. The summed E-state index contributed by atoms with van der Waals surface area (Å²) in [7, 11) is 0. The summed E-state index contributed by atoms with van der Waals surface area (Å²) in [4.78, 5) is 2.61. The molecule has 1 heterocycles. The first-order valence-corrected chi connectivity index (χ1v) is 7.83. The van der Waals surface area contributed by atoms with E-state index in [4.69, 9.17) is 5.73 Å². The number of hydrogen-bond donors (Lipinski definition) is 1. The molecule has 0 bridgehead atoms. The maximum Gasteiger partial charge on any atom is 0.0317 e. The molecular formula is C17H27ClN2. The Morgan fingerprint density at radius 2 is 1.70 bits per heavy atom. The summed E-state index contributed by atoms with van der Waals surface area (Å²) in [5.74, 6) is 0. The Hall–Kier alpha value is -0.730. The van der Waals surface area contributed by atoms with Gasteiger partial charge in [-0.3, -0.25) is 4.90 Å². The van der Waals surface area contributed by atoms with Gasteiger partial charge in [-0.05, 0) is 61.9 Å². The highest BCUT2D eigenvalue weighted by molar-refractivity contribution is 5.85. The summed E-state index contributed by atoms with van der Waals surface area (Å²) in [6, 6.07) is 8.35. The van der Waals surface area contributed by atoms with Gasteiger partial charge in [-0.25, -0.2) is 0 Å². The molecule has 1 saturated carbocycles. The van der Waals surface area contributed by atoms with E-state index in [0.29, 0.717) is 5.41 Å². The second-order valence-electron chi connectivity index (χ2n) is 6.58. The minimum absolute atomic E-state index is 0. The number of anilines is 1. The lowest BCUT2D eigenvalue weighted by Gasteiger charge is -2.44. The van der Waals surface area contributed by atoms with Crippen LogP contribution in [0.15, 0.2) is 24.3 Å². The highest BCUT2D eigenvalue weighted by Crippen LogP contribution is 2.44. The van der Waals surface area contributed by atoms with Crippen LogP contribution in [0.2, 0.25) is 0 Å². The number of likely N-dealkylation sites (tertiary alicyclic amines) is 1. The number of rotatable bonds is 2. The van der Waals surface area contributed by atoms with E-state index in [9.17, 15) is 0 Å². The maximum absolute atomic E-state index is 5.86. The van der Waals surface area contributed by atoms with Gasteiger partial charge in [0.1, 0.15) is 0 Å². The molecule has 2 fully saturated rings. The largest absolute Gasteiger partial charge is 0.399 e. The predicted octanol–water partition coefficient (Wildman–Crippen LogP) is 4.24. The molecule has 3 heteroatoms. The minimum atomic E-state index is 0. The van der Waals surface area contributed by atoms with Crippen molar-refractivity contribution >= 4 is 18.1 Å². The number of hydrogen-bond acceptors (Lipinski definition) is 2. The van der Waals surface area contributed by atoms with Gasteiger partial charge in [-0.15, -0.1) is 12.4 Å². The standard InChI is InChI=1S/C17H26N2.ClH/c18-16-6-4-5-15(13-16)14-19-11-9-17(10-12-19)7-2-1-3-8-17;/h4-6,13H,1-3,7-12,14,18H2;1H. The average molecular weight is 295 g/mol. The van der Waals surface area contributed by atoms with E-state index in [1.807, 2.05) is 6.07 Å². The van der Waals surface area contributed by atoms with Crippen LogP contribution in [-0.2, 0) is 6.54 Å². The quantitative estimate of drug-likeness (QED) is 0.827. The van der Waals surface area contributed by atoms with Crippen molar-refractivity contribution in [3.8, 4) is 0 Å². The van der Waals surface area contributed by atoms with E-state index in [1.54, 1.807) is 0 Å². The third-order valence-corrected chi connectivity index (χ3v) is 5.19. The van der Waals surface area contributed by atoms with Crippen molar-refractivity contribution < 1.29 is 0 Å². The third kappa shape index (κ3) is 3.67. The van der Waals surface area contributed by atoms with Crippen LogP contribution in [0.5, 0.6) is 0 Å². The van der Waals surface area contributed by atoms with E-state index < -0.39 is 0 Å². The number of benzene rings is 1.